The molecule has 0 heterocycles. The molecule has 0 atom stereocenters. The van der Waals surface area contributed by atoms with E-state index in [0.717, 1.165) is 29.8 Å². The lowest BCUT2D eigenvalue weighted by Gasteiger charge is -2.20. The number of hydrazone groups is 1. The van der Waals surface area contributed by atoms with Crippen molar-refractivity contribution in [2.75, 3.05) is 18.0 Å². The van der Waals surface area contributed by atoms with Crippen LogP contribution in [0.1, 0.15) is 36.1 Å². The predicted molar refractivity (Wildman–Crippen MR) is 105 cm³/mol. The Kier molecular flexibility index (Phi) is 6.75. The van der Waals surface area contributed by atoms with Crippen molar-refractivity contribution in [2.24, 2.45) is 5.10 Å². The molecule has 2 aromatic carbocycles. The Morgan fingerprint density at radius 2 is 1.76 bits per heavy atom. The molecule has 4 nitrogen and oxygen atoms in total. The summed E-state index contributed by atoms with van der Waals surface area (Å²) in [6.07, 6.45) is 2.01. The minimum atomic E-state index is -0.108. The van der Waals surface area contributed by atoms with Crippen molar-refractivity contribution >= 4 is 17.8 Å². The summed E-state index contributed by atoms with van der Waals surface area (Å²) in [5, 5.41) is 4.06. The first kappa shape index (κ1) is 18.7. The second-order valence-corrected chi connectivity index (χ2v) is 6.16. The molecule has 25 heavy (non-hydrogen) atoms. The van der Waals surface area contributed by atoms with Crippen LogP contribution in [-0.4, -0.2) is 25.2 Å². The van der Waals surface area contributed by atoms with Gasteiger partial charge in [-0.2, -0.15) is 5.10 Å². The third-order valence-electron chi connectivity index (χ3n) is 4.27. The SMILES string of the molecule is CCN(CC)c1ccc(/C=N\NC(=O)Cc2ccc(C)cc2C)cc1. The molecule has 0 radical (unpaired) electrons. The number of hydrogen-bond acceptors (Lipinski definition) is 3. The fourth-order valence-corrected chi connectivity index (χ4v) is 2.80. The van der Waals surface area contributed by atoms with Crippen molar-refractivity contribution < 1.29 is 4.79 Å². The van der Waals surface area contributed by atoms with Gasteiger partial charge in [0.05, 0.1) is 12.6 Å². The fraction of sp³-hybridized carbons (Fsp3) is 0.333. The molecule has 2 rings (SSSR count). The summed E-state index contributed by atoms with van der Waals surface area (Å²) in [5.41, 5.74) is 8.12. The maximum atomic E-state index is 12.0. The summed E-state index contributed by atoms with van der Waals surface area (Å²) in [6.45, 7) is 10.3. The molecule has 4 heteroatoms. The summed E-state index contributed by atoms with van der Waals surface area (Å²) in [5.74, 6) is -0.108. The number of aryl methyl sites for hydroxylation is 2. The van der Waals surface area contributed by atoms with Gasteiger partial charge in [-0.05, 0) is 56.5 Å². The third kappa shape index (κ3) is 5.45. The maximum absolute atomic E-state index is 12.0. The lowest BCUT2D eigenvalue weighted by atomic mass is 10.0. The zero-order chi connectivity index (χ0) is 18.2. The van der Waals surface area contributed by atoms with Crippen molar-refractivity contribution in [2.45, 2.75) is 34.1 Å². The molecule has 132 valence electrons. The molecule has 0 fully saturated rings. The quantitative estimate of drug-likeness (QED) is 0.616. The van der Waals surface area contributed by atoms with Gasteiger partial charge in [0.15, 0.2) is 0 Å². The van der Waals surface area contributed by atoms with Crippen LogP contribution in [0, 0.1) is 13.8 Å². The van der Waals surface area contributed by atoms with Crippen molar-refractivity contribution in [1.29, 1.82) is 0 Å². The van der Waals surface area contributed by atoms with Crippen LogP contribution in [-0.2, 0) is 11.2 Å². The van der Waals surface area contributed by atoms with Gasteiger partial charge < -0.3 is 4.90 Å². The first-order valence-corrected chi connectivity index (χ1v) is 8.76. The van der Waals surface area contributed by atoms with E-state index >= 15 is 0 Å². The van der Waals surface area contributed by atoms with Gasteiger partial charge in [0.25, 0.3) is 0 Å². The van der Waals surface area contributed by atoms with Crippen LogP contribution in [0.25, 0.3) is 0 Å². The number of carbonyl (C=O) groups is 1. The van der Waals surface area contributed by atoms with Crippen LogP contribution < -0.4 is 10.3 Å². The zero-order valence-corrected chi connectivity index (χ0v) is 15.5. The molecule has 0 aliphatic carbocycles. The van der Waals surface area contributed by atoms with E-state index in [1.807, 2.05) is 38.1 Å². The summed E-state index contributed by atoms with van der Waals surface area (Å²) in [4.78, 5) is 14.3. The molecule has 1 N–H and O–H groups in total. The molecular formula is C21H27N3O. The molecule has 0 aromatic heterocycles. The van der Waals surface area contributed by atoms with E-state index in [4.69, 9.17) is 0 Å². The van der Waals surface area contributed by atoms with E-state index in [0.29, 0.717) is 6.42 Å². The Balaban J connectivity index is 1.90. The summed E-state index contributed by atoms with van der Waals surface area (Å²) in [7, 11) is 0. The number of carbonyl (C=O) groups excluding carboxylic acids is 1. The number of rotatable bonds is 7. The largest absolute Gasteiger partial charge is 0.372 e. The highest BCUT2D eigenvalue weighted by molar-refractivity contribution is 5.83. The monoisotopic (exact) mass is 337 g/mol. The molecular weight excluding hydrogens is 310 g/mol. The van der Waals surface area contributed by atoms with E-state index in [1.165, 1.54) is 11.3 Å². The van der Waals surface area contributed by atoms with E-state index in [9.17, 15) is 4.79 Å². The predicted octanol–water partition coefficient (Wildman–Crippen LogP) is 3.84. The number of anilines is 1. The minimum Gasteiger partial charge on any atom is -0.372 e. The Morgan fingerprint density at radius 3 is 2.36 bits per heavy atom. The summed E-state index contributed by atoms with van der Waals surface area (Å²) < 4.78 is 0. The molecule has 2 aromatic rings. The van der Waals surface area contributed by atoms with Gasteiger partial charge in [-0.25, -0.2) is 5.43 Å². The standard InChI is InChI=1S/C21H27N3O/c1-5-24(6-2)20-11-8-18(9-12-20)15-22-23-21(25)14-19-10-7-16(3)13-17(19)4/h7-13,15H,5-6,14H2,1-4H3,(H,23,25)/b22-15-. The van der Waals surface area contributed by atoms with Crippen LogP contribution in [0.3, 0.4) is 0 Å². The third-order valence-corrected chi connectivity index (χ3v) is 4.27. The highest BCUT2D eigenvalue weighted by Gasteiger charge is 2.05. The Hall–Kier alpha value is -2.62. The Bertz CT molecular complexity index is 731. The molecule has 0 bridgehead atoms. The van der Waals surface area contributed by atoms with Gasteiger partial charge >= 0.3 is 0 Å². The summed E-state index contributed by atoms with van der Waals surface area (Å²) >= 11 is 0. The smallest absolute Gasteiger partial charge is 0.244 e. The molecule has 0 saturated heterocycles. The lowest BCUT2D eigenvalue weighted by Crippen LogP contribution is -2.21. The fourth-order valence-electron chi connectivity index (χ4n) is 2.80. The van der Waals surface area contributed by atoms with Crippen molar-refractivity contribution in [3.05, 3.63) is 64.7 Å². The highest BCUT2D eigenvalue weighted by Crippen LogP contribution is 2.14. The second kappa shape index (κ2) is 9.02. The van der Waals surface area contributed by atoms with Crippen LogP contribution in [0.4, 0.5) is 5.69 Å². The normalized spacial score (nSPS) is 10.9. The molecule has 0 unspecified atom stereocenters. The van der Waals surface area contributed by atoms with E-state index in [1.54, 1.807) is 6.21 Å². The van der Waals surface area contributed by atoms with E-state index in [2.05, 4.69) is 47.5 Å². The van der Waals surface area contributed by atoms with E-state index in [-0.39, 0.29) is 5.91 Å². The van der Waals surface area contributed by atoms with Gasteiger partial charge in [-0.3, -0.25) is 4.79 Å². The van der Waals surface area contributed by atoms with Gasteiger partial charge in [0, 0.05) is 18.8 Å². The Labute approximate surface area is 150 Å². The van der Waals surface area contributed by atoms with Crippen LogP contribution in [0.5, 0.6) is 0 Å². The number of nitrogens with zero attached hydrogens (tertiary/aromatic N) is 2. The minimum absolute atomic E-state index is 0.108. The number of amides is 1. The van der Waals surface area contributed by atoms with E-state index < -0.39 is 0 Å². The summed E-state index contributed by atoms with van der Waals surface area (Å²) in [6, 6.07) is 14.3. The van der Waals surface area contributed by atoms with Crippen molar-refractivity contribution in [1.82, 2.24) is 5.43 Å². The molecule has 0 spiro atoms. The topological polar surface area (TPSA) is 44.7 Å². The number of hydrogen-bond donors (Lipinski definition) is 1. The number of nitrogens with one attached hydrogen (secondary N) is 1. The van der Waals surface area contributed by atoms with Gasteiger partial charge in [-0.15, -0.1) is 0 Å². The number of benzene rings is 2. The van der Waals surface area contributed by atoms with Crippen LogP contribution in [0.15, 0.2) is 47.6 Å². The molecule has 0 saturated carbocycles. The van der Waals surface area contributed by atoms with Gasteiger partial charge in [-0.1, -0.05) is 35.9 Å². The first-order chi connectivity index (χ1) is 12.0. The zero-order valence-electron chi connectivity index (χ0n) is 15.5. The molecule has 1 amide bonds. The van der Waals surface area contributed by atoms with Crippen LogP contribution >= 0.6 is 0 Å². The molecule has 0 aliphatic rings. The molecule has 0 aliphatic heterocycles. The first-order valence-electron chi connectivity index (χ1n) is 8.76. The Morgan fingerprint density at radius 1 is 1.08 bits per heavy atom. The van der Waals surface area contributed by atoms with Crippen molar-refractivity contribution in [3.63, 3.8) is 0 Å². The van der Waals surface area contributed by atoms with Crippen molar-refractivity contribution in [3.8, 4) is 0 Å². The average Bonchev–Trinajstić information content (AvgIpc) is 2.60. The highest BCUT2D eigenvalue weighted by atomic mass is 16.2. The van der Waals surface area contributed by atoms with Crippen LogP contribution in [0.2, 0.25) is 0 Å². The maximum Gasteiger partial charge on any atom is 0.244 e. The van der Waals surface area contributed by atoms with Gasteiger partial charge in [0.2, 0.25) is 5.91 Å². The lowest BCUT2D eigenvalue weighted by molar-refractivity contribution is -0.120. The van der Waals surface area contributed by atoms with Gasteiger partial charge in [0.1, 0.15) is 0 Å². The average molecular weight is 337 g/mol. The second-order valence-electron chi connectivity index (χ2n) is 6.16.